The lowest BCUT2D eigenvalue weighted by Crippen LogP contribution is -2.65. The van der Waals surface area contributed by atoms with Crippen molar-refractivity contribution in [2.24, 2.45) is 28.6 Å². The van der Waals surface area contributed by atoms with E-state index in [9.17, 15) is 24.3 Å². The number of aryl methyl sites for hydroxylation is 1. The second-order valence-corrected chi connectivity index (χ2v) is 20.6. The van der Waals surface area contributed by atoms with Crippen molar-refractivity contribution in [1.82, 2.24) is 25.8 Å². The van der Waals surface area contributed by atoms with Gasteiger partial charge in [0.15, 0.2) is 0 Å². The van der Waals surface area contributed by atoms with Gasteiger partial charge < -0.3 is 40.2 Å². The molecule has 5 atom stereocenters. The number of hydrogen-bond acceptors (Lipinski definition) is 12. The summed E-state index contributed by atoms with van der Waals surface area (Å²) in [4.78, 5) is 73.1. The summed E-state index contributed by atoms with van der Waals surface area (Å²) < 4.78 is 18.2. The smallest absolute Gasteiger partial charge is 0.246 e. The van der Waals surface area contributed by atoms with Gasteiger partial charge in [-0.05, 0) is 74.3 Å². The van der Waals surface area contributed by atoms with E-state index < -0.39 is 46.5 Å². The lowest BCUT2D eigenvalue weighted by Gasteiger charge is -2.61. The molecular formula is C46H65N5O10S. The molecule has 62 heavy (non-hydrogen) atoms. The number of aliphatic hydroxyl groups is 1. The van der Waals surface area contributed by atoms with Crippen LogP contribution in [0.1, 0.15) is 109 Å². The fourth-order valence-electron chi connectivity index (χ4n) is 11.2. The summed E-state index contributed by atoms with van der Waals surface area (Å²) in [5, 5.41) is 19.5. The van der Waals surface area contributed by atoms with Crippen molar-refractivity contribution in [3.8, 4) is 10.4 Å². The van der Waals surface area contributed by atoms with E-state index in [2.05, 4.69) is 20.9 Å². The van der Waals surface area contributed by atoms with Gasteiger partial charge in [0.2, 0.25) is 35.2 Å². The zero-order chi connectivity index (χ0) is 43.7. The highest BCUT2D eigenvalue weighted by atomic mass is 32.1. The zero-order valence-electron chi connectivity index (χ0n) is 36.7. The molecule has 2 aliphatic heterocycles. The van der Waals surface area contributed by atoms with Crippen LogP contribution >= 0.6 is 11.3 Å². The van der Waals surface area contributed by atoms with Crippen LogP contribution in [0.5, 0.6) is 0 Å². The Hall–Kier alpha value is -3.51. The molecule has 16 heteroatoms. The first-order valence-electron chi connectivity index (χ1n) is 22.8. The Balaban J connectivity index is 0.725. The van der Waals surface area contributed by atoms with Crippen molar-refractivity contribution in [1.29, 1.82) is 0 Å². The fraction of sp³-hybridized carbons (Fsp3) is 0.717. The summed E-state index contributed by atoms with van der Waals surface area (Å²) in [7, 11) is 0. The first-order chi connectivity index (χ1) is 29.7. The van der Waals surface area contributed by atoms with E-state index in [1.807, 2.05) is 57.5 Å². The van der Waals surface area contributed by atoms with Crippen LogP contribution in [-0.4, -0.2) is 108 Å². The topological polar surface area (TPSA) is 187 Å². The molecule has 5 unspecified atom stereocenters. The normalized spacial score (nSPS) is 30.2. The molecule has 15 nitrogen and oxygen atoms in total. The van der Waals surface area contributed by atoms with E-state index in [-0.39, 0.29) is 68.7 Å². The van der Waals surface area contributed by atoms with Gasteiger partial charge in [-0.15, -0.1) is 11.3 Å². The van der Waals surface area contributed by atoms with Crippen molar-refractivity contribution in [2.75, 3.05) is 39.5 Å². The number of nitrogens with zero attached hydrogens (tertiary/aromatic N) is 2. The summed E-state index contributed by atoms with van der Waals surface area (Å²) in [6.07, 6.45) is 8.83. The molecule has 7 aliphatic rings. The third kappa shape index (κ3) is 9.48. The maximum Gasteiger partial charge on any atom is 0.246 e. The number of ether oxygens (including phenoxy) is 3. The van der Waals surface area contributed by atoms with Crippen LogP contribution in [0.25, 0.3) is 10.4 Å². The average Bonchev–Trinajstić information content (AvgIpc) is 3.97. The number of hydrogen-bond donors (Lipinski definition) is 4. The minimum Gasteiger partial charge on any atom is -0.391 e. The first kappa shape index (κ1) is 45.1. The largest absolute Gasteiger partial charge is 0.391 e. The highest BCUT2D eigenvalue weighted by Crippen LogP contribution is 2.67. The van der Waals surface area contributed by atoms with Crippen LogP contribution in [0.2, 0.25) is 0 Å². The van der Waals surface area contributed by atoms with Crippen LogP contribution in [0.4, 0.5) is 0 Å². The van der Waals surface area contributed by atoms with E-state index in [4.69, 9.17) is 24.0 Å². The van der Waals surface area contributed by atoms with E-state index in [1.165, 1.54) is 11.3 Å². The van der Waals surface area contributed by atoms with Crippen molar-refractivity contribution in [2.45, 2.75) is 141 Å². The Morgan fingerprint density at radius 1 is 0.935 bits per heavy atom. The van der Waals surface area contributed by atoms with Gasteiger partial charge in [0, 0.05) is 57.2 Å². The number of carbonyl (C=O) groups is 4. The maximum absolute atomic E-state index is 14.0. The molecule has 3 heterocycles. The van der Waals surface area contributed by atoms with Gasteiger partial charge in [0.25, 0.3) is 0 Å². The highest BCUT2D eigenvalue weighted by molar-refractivity contribution is 7.13. The maximum atomic E-state index is 14.0. The number of β-amino-alcohol motifs (C(OH)–C–C–N with tert-alkyl or cyclic N) is 1. The lowest BCUT2D eigenvalue weighted by molar-refractivity contribution is -0.393. The number of aliphatic hydroxyl groups excluding tert-OH is 1. The van der Waals surface area contributed by atoms with Crippen molar-refractivity contribution >= 4 is 35.0 Å². The molecule has 1 aromatic heterocycles. The van der Waals surface area contributed by atoms with Crippen LogP contribution in [0, 0.1) is 35.5 Å². The van der Waals surface area contributed by atoms with Crippen molar-refractivity contribution in [3.63, 3.8) is 0 Å². The number of nitrogens with one attached hydrogen (secondary N) is 3. The predicted octanol–water partition coefficient (Wildman–Crippen LogP) is 4.93. The molecule has 7 fully saturated rings. The van der Waals surface area contributed by atoms with Crippen LogP contribution in [-0.2, 0) is 49.7 Å². The Labute approximate surface area is 368 Å². The third-order valence-electron chi connectivity index (χ3n) is 14.2. The Morgan fingerprint density at radius 3 is 2.32 bits per heavy atom. The van der Waals surface area contributed by atoms with Gasteiger partial charge >= 0.3 is 0 Å². The van der Waals surface area contributed by atoms with Gasteiger partial charge in [-0.2, -0.15) is 9.78 Å². The van der Waals surface area contributed by atoms with Gasteiger partial charge in [-0.25, -0.2) is 4.98 Å². The fourth-order valence-corrected chi connectivity index (χ4v) is 12.0. The second kappa shape index (κ2) is 18.5. The zero-order valence-corrected chi connectivity index (χ0v) is 37.5. The predicted molar refractivity (Wildman–Crippen MR) is 229 cm³/mol. The summed E-state index contributed by atoms with van der Waals surface area (Å²) in [6, 6.07) is 6.10. The van der Waals surface area contributed by atoms with E-state index in [1.54, 1.807) is 11.3 Å². The van der Waals surface area contributed by atoms with E-state index in [0.717, 1.165) is 79.5 Å². The summed E-state index contributed by atoms with van der Waals surface area (Å²) in [5.41, 5.74) is 3.67. The number of thiazole rings is 1. The molecule has 9 rings (SSSR count). The summed E-state index contributed by atoms with van der Waals surface area (Å²) >= 11 is 1.58. The van der Waals surface area contributed by atoms with Crippen molar-refractivity contribution in [3.05, 3.63) is 41.0 Å². The molecule has 1 aromatic carbocycles. The lowest BCUT2D eigenvalue weighted by atomic mass is 9.47. The quantitative estimate of drug-likeness (QED) is 0.132. The molecule has 4 bridgehead atoms. The van der Waals surface area contributed by atoms with Crippen LogP contribution in [0.3, 0.4) is 0 Å². The SMILES string of the molecule is Cc1ncsc1-c1ccc(CNC(=O)C2CC(O)CN2C(=O)C(NC(=O)CCOCCOCCNC(=O)C23CC4CC(C2)C2(OOC5(CCCCC5)O2)C(C4)C3)C(C)(C)C)cc1. The highest BCUT2D eigenvalue weighted by Gasteiger charge is 2.71. The molecule has 5 aliphatic carbocycles. The minimum atomic E-state index is -0.927. The second-order valence-electron chi connectivity index (χ2n) is 19.8. The van der Waals surface area contributed by atoms with Crippen LogP contribution in [0.15, 0.2) is 29.8 Å². The number of aromatic nitrogens is 1. The number of carbonyl (C=O) groups excluding carboxylic acids is 4. The number of rotatable bonds is 16. The summed E-state index contributed by atoms with van der Waals surface area (Å²) in [5.74, 6) is -1.56. The number of likely N-dealkylation sites (tertiary alicyclic amines) is 1. The van der Waals surface area contributed by atoms with E-state index in [0.29, 0.717) is 25.7 Å². The van der Waals surface area contributed by atoms with Gasteiger partial charge in [-0.1, -0.05) is 51.5 Å². The summed E-state index contributed by atoms with van der Waals surface area (Å²) in [6.45, 7) is 9.22. The molecule has 4 amide bonds. The first-order valence-corrected chi connectivity index (χ1v) is 23.6. The minimum absolute atomic E-state index is 0.000824. The molecule has 2 aromatic rings. The van der Waals surface area contributed by atoms with E-state index >= 15 is 0 Å². The molecule has 340 valence electrons. The molecular weight excluding hydrogens is 815 g/mol. The Kier molecular flexibility index (Phi) is 13.5. The monoisotopic (exact) mass is 879 g/mol. The average molecular weight is 880 g/mol. The third-order valence-corrected chi connectivity index (χ3v) is 15.2. The Bertz CT molecular complexity index is 1910. The molecule has 2 saturated heterocycles. The standard InChI is InChI=1S/C46H65N5O10S/c1-29-38(62-28-49-29)32-10-8-30(9-11-32)26-48-40(54)36-22-35(52)27-51(36)41(55)39(43(2,3)4)50-37(53)12-16-57-18-19-58-17-15-47-42(56)44-23-31-20-33(24-44)46(34(21-31)25-44)59-45(60-61-46)13-6-5-7-14-45/h8-11,28,31,33-36,39,52H,5-7,12-27H2,1-4H3,(H,47,56)(H,48,54)(H,50,53). The van der Waals surface area contributed by atoms with Crippen molar-refractivity contribution < 1.29 is 48.3 Å². The van der Waals surface area contributed by atoms with Crippen LogP contribution < -0.4 is 16.0 Å². The molecule has 0 radical (unpaired) electrons. The number of amides is 4. The van der Waals surface area contributed by atoms with Gasteiger partial charge in [0.1, 0.15) is 12.1 Å². The molecule has 2 spiro atoms. The van der Waals surface area contributed by atoms with Gasteiger partial charge in [-0.3, -0.25) is 19.2 Å². The Morgan fingerprint density at radius 2 is 1.65 bits per heavy atom. The molecule has 5 saturated carbocycles. The number of benzene rings is 1. The van der Waals surface area contributed by atoms with Gasteiger partial charge in [0.05, 0.1) is 54.0 Å². The molecule has 4 N–H and O–H groups in total.